The maximum atomic E-state index is 11.8. The number of rotatable bonds is 3. The lowest BCUT2D eigenvalue weighted by atomic mass is 10.2. The molecule has 0 saturated carbocycles. The van der Waals surface area contributed by atoms with E-state index in [1.165, 1.54) is 17.4 Å². The zero-order valence-corrected chi connectivity index (χ0v) is 12.4. The topological polar surface area (TPSA) is 62.3 Å². The third-order valence-corrected chi connectivity index (χ3v) is 3.83. The van der Waals surface area contributed by atoms with Gasteiger partial charge in [-0.15, -0.1) is 11.3 Å². The lowest BCUT2D eigenvalue weighted by Crippen LogP contribution is -2.19. The number of phenolic OH excluding ortho intramolecular Hbond substituents is 1. The lowest BCUT2D eigenvalue weighted by molar-refractivity contribution is 0.455. The van der Waals surface area contributed by atoms with Gasteiger partial charge in [0.1, 0.15) is 17.2 Å². The number of aromatic amines is 1. The van der Waals surface area contributed by atoms with Crippen LogP contribution in [-0.2, 0) is 0 Å². The van der Waals surface area contributed by atoms with Gasteiger partial charge in [0.25, 0.3) is 5.56 Å². The molecule has 1 heterocycles. The van der Waals surface area contributed by atoms with Crippen molar-refractivity contribution in [2.75, 3.05) is 0 Å². The smallest absolute Gasteiger partial charge is 0.266 e. The Labute approximate surface area is 130 Å². The van der Waals surface area contributed by atoms with E-state index in [1.54, 1.807) is 24.3 Å². The van der Waals surface area contributed by atoms with Gasteiger partial charge in [-0.2, -0.15) is 0 Å². The third kappa shape index (κ3) is 3.10. The van der Waals surface area contributed by atoms with Crippen molar-refractivity contribution in [2.45, 2.75) is 0 Å². The van der Waals surface area contributed by atoms with E-state index in [9.17, 15) is 9.90 Å². The van der Waals surface area contributed by atoms with Crippen molar-refractivity contribution in [2.24, 2.45) is 0 Å². The SMILES string of the molecule is C=c1[nH]c(=O)/c(=C/c2ccccc2Oc2cccc(O)c2)s1. The molecule has 0 aliphatic heterocycles. The van der Waals surface area contributed by atoms with Crippen LogP contribution in [0.4, 0.5) is 0 Å². The fourth-order valence-electron chi connectivity index (χ4n) is 2.00. The van der Waals surface area contributed by atoms with Gasteiger partial charge in [-0.1, -0.05) is 30.8 Å². The first kappa shape index (κ1) is 14.2. The Morgan fingerprint density at radius 3 is 2.73 bits per heavy atom. The fourth-order valence-corrected chi connectivity index (χ4v) is 2.73. The Hall–Kier alpha value is -2.79. The van der Waals surface area contributed by atoms with Crippen molar-refractivity contribution in [1.29, 1.82) is 0 Å². The van der Waals surface area contributed by atoms with Crippen LogP contribution in [-0.4, -0.2) is 10.1 Å². The molecule has 0 amide bonds. The first-order chi connectivity index (χ1) is 10.6. The van der Waals surface area contributed by atoms with Gasteiger partial charge >= 0.3 is 0 Å². The van der Waals surface area contributed by atoms with Gasteiger partial charge in [0, 0.05) is 11.6 Å². The standard InChI is InChI=1S/C17H13NO3S/c1-11-18-17(20)16(22-11)9-12-5-2-3-8-15(12)21-14-7-4-6-13(19)10-14/h2-10,19H,1H2,(H,18,20)/b16-9-. The highest BCUT2D eigenvalue weighted by Crippen LogP contribution is 2.27. The molecule has 110 valence electrons. The quantitative estimate of drug-likeness (QED) is 0.779. The second-order valence-corrected chi connectivity index (χ2v) is 5.76. The van der Waals surface area contributed by atoms with Crippen molar-refractivity contribution in [3.8, 4) is 17.2 Å². The number of aromatic nitrogens is 1. The molecule has 0 aliphatic carbocycles. The van der Waals surface area contributed by atoms with Crippen LogP contribution < -0.4 is 19.5 Å². The number of para-hydroxylation sites is 1. The van der Waals surface area contributed by atoms with Crippen molar-refractivity contribution in [3.05, 3.63) is 73.6 Å². The molecule has 1 aromatic heterocycles. The Balaban J connectivity index is 2.04. The summed E-state index contributed by atoms with van der Waals surface area (Å²) in [6.45, 7) is 3.73. The molecule has 0 fully saturated rings. The van der Waals surface area contributed by atoms with Crippen molar-refractivity contribution in [1.82, 2.24) is 4.98 Å². The summed E-state index contributed by atoms with van der Waals surface area (Å²) in [5.41, 5.74) is 0.611. The Kier molecular flexibility index (Phi) is 3.80. The van der Waals surface area contributed by atoms with E-state index in [0.717, 1.165) is 5.56 Å². The number of H-pyrrole nitrogens is 1. The van der Waals surface area contributed by atoms with Crippen molar-refractivity contribution < 1.29 is 9.84 Å². The van der Waals surface area contributed by atoms with E-state index in [2.05, 4.69) is 11.6 Å². The number of nitrogens with one attached hydrogen (secondary N) is 1. The minimum Gasteiger partial charge on any atom is -0.508 e. The molecular weight excluding hydrogens is 298 g/mol. The Morgan fingerprint density at radius 1 is 1.18 bits per heavy atom. The van der Waals surface area contributed by atoms with Gasteiger partial charge < -0.3 is 14.8 Å². The molecule has 0 spiro atoms. The van der Waals surface area contributed by atoms with E-state index in [1.807, 2.05) is 24.3 Å². The molecule has 0 aliphatic rings. The minimum absolute atomic E-state index is 0.135. The fraction of sp³-hybridized carbons (Fsp3) is 0. The lowest BCUT2D eigenvalue weighted by Gasteiger charge is -2.08. The molecule has 3 rings (SSSR count). The van der Waals surface area contributed by atoms with E-state index >= 15 is 0 Å². The maximum Gasteiger partial charge on any atom is 0.266 e. The number of hydrogen-bond donors (Lipinski definition) is 2. The van der Waals surface area contributed by atoms with Crippen LogP contribution in [0.1, 0.15) is 5.56 Å². The van der Waals surface area contributed by atoms with Gasteiger partial charge in [-0.25, -0.2) is 0 Å². The molecule has 0 unspecified atom stereocenters. The summed E-state index contributed by atoms with van der Waals surface area (Å²) in [6.07, 6.45) is 1.76. The van der Waals surface area contributed by atoms with Gasteiger partial charge in [0.05, 0.1) is 9.20 Å². The normalized spacial score (nSPS) is 11.5. The van der Waals surface area contributed by atoms with E-state index in [4.69, 9.17) is 4.74 Å². The molecule has 0 atom stereocenters. The van der Waals surface area contributed by atoms with Crippen LogP contribution in [0.2, 0.25) is 0 Å². The summed E-state index contributed by atoms with van der Waals surface area (Å²) >= 11 is 1.30. The Bertz CT molecular complexity index is 972. The van der Waals surface area contributed by atoms with Crippen LogP contribution >= 0.6 is 11.3 Å². The van der Waals surface area contributed by atoms with Gasteiger partial charge in [-0.05, 0) is 24.3 Å². The van der Waals surface area contributed by atoms with Crippen LogP contribution in [0.25, 0.3) is 12.7 Å². The summed E-state index contributed by atoms with van der Waals surface area (Å²) in [4.78, 5) is 14.4. The van der Waals surface area contributed by atoms with Gasteiger partial charge in [0.15, 0.2) is 0 Å². The number of thiazole rings is 1. The van der Waals surface area contributed by atoms with E-state index in [0.29, 0.717) is 20.7 Å². The highest BCUT2D eigenvalue weighted by atomic mass is 32.1. The van der Waals surface area contributed by atoms with Crippen LogP contribution in [0.5, 0.6) is 17.2 Å². The number of phenols is 1. The zero-order valence-electron chi connectivity index (χ0n) is 11.6. The first-order valence-corrected chi connectivity index (χ1v) is 7.39. The average molecular weight is 311 g/mol. The predicted molar refractivity (Wildman–Crippen MR) is 87.9 cm³/mol. The Morgan fingerprint density at radius 2 is 2.00 bits per heavy atom. The number of benzene rings is 2. The zero-order chi connectivity index (χ0) is 15.5. The molecule has 3 aromatic rings. The molecule has 0 saturated heterocycles. The summed E-state index contributed by atoms with van der Waals surface area (Å²) < 4.78 is 6.97. The minimum atomic E-state index is -0.165. The van der Waals surface area contributed by atoms with Gasteiger partial charge in [-0.3, -0.25) is 4.79 Å². The molecular formula is C17H13NO3S. The first-order valence-electron chi connectivity index (χ1n) is 6.57. The molecule has 22 heavy (non-hydrogen) atoms. The highest BCUT2D eigenvalue weighted by Gasteiger charge is 2.04. The average Bonchev–Trinajstić information content (AvgIpc) is 2.79. The molecule has 0 radical (unpaired) electrons. The molecule has 2 aromatic carbocycles. The second-order valence-electron chi connectivity index (χ2n) is 4.63. The monoisotopic (exact) mass is 311 g/mol. The van der Waals surface area contributed by atoms with Gasteiger partial charge in [0.2, 0.25) is 0 Å². The second kappa shape index (κ2) is 5.91. The molecule has 2 N–H and O–H groups in total. The van der Waals surface area contributed by atoms with Crippen LogP contribution in [0, 0.1) is 0 Å². The van der Waals surface area contributed by atoms with E-state index < -0.39 is 0 Å². The third-order valence-electron chi connectivity index (χ3n) is 2.96. The number of aromatic hydroxyl groups is 1. The van der Waals surface area contributed by atoms with Crippen LogP contribution in [0.3, 0.4) is 0 Å². The molecule has 5 heteroatoms. The number of hydrogen-bond acceptors (Lipinski definition) is 4. The number of ether oxygens (including phenoxy) is 1. The summed E-state index contributed by atoms with van der Waals surface area (Å²) in [7, 11) is 0. The summed E-state index contributed by atoms with van der Waals surface area (Å²) in [5.74, 6) is 1.26. The summed E-state index contributed by atoms with van der Waals surface area (Å²) in [5, 5.41) is 9.50. The van der Waals surface area contributed by atoms with E-state index in [-0.39, 0.29) is 11.3 Å². The largest absolute Gasteiger partial charge is 0.508 e. The predicted octanol–water partition coefficient (Wildman–Crippen LogP) is 2.17. The van der Waals surface area contributed by atoms with Crippen molar-refractivity contribution >= 4 is 24.0 Å². The molecule has 0 bridgehead atoms. The molecule has 4 nitrogen and oxygen atoms in total. The van der Waals surface area contributed by atoms with Crippen molar-refractivity contribution in [3.63, 3.8) is 0 Å². The summed E-state index contributed by atoms with van der Waals surface area (Å²) in [6, 6.07) is 13.9. The maximum absolute atomic E-state index is 11.8. The highest BCUT2D eigenvalue weighted by molar-refractivity contribution is 7.07. The van der Waals surface area contributed by atoms with Crippen LogP contribution in [0.15, 0.2) is 53.3 Å².